The Labute approximate surface area is 237 Å². The van der Waals surface area contributed by atoms with Gasteiger partial charge >= 0.3 is 5.97 Å². The van der Waals surface area contributed by atoms with E-state index in [1.54, 1.807) is 15.3 Å². The molecule has 5 aromatic rings. The fourth-order valence-electron chi connectivity index (χ4n) is 6.05. The van der Waals surface area contributed by atoms with Crippen molar-refractivity contribution in [1.29, 1.82) is 0 Å². The molecule has 0 aliphatic carbocycles. The number of hydrogen-bond donors (Lipinski definition) is 1. The van der Waals surface area contributed by atoms with E-state index >= 15 is 4.39 Å². The van der Waals surface area contributed by atoms with Gasteiger partial charge < -0.3 is 19.1 Å². The molecule has 7 nitrogen and oxygen atoms in total. The molecule has 1 aliphatic rings. The summed E-state index contributed by atoms with van der Waals surface area (Å²) in [5.74, 6) is -0.656. The number of hydrogen-bond acceptors (Lipinski definition) is 4. The molecule has 0 amide bonds. The number of fused-ring (bicyclic) bond motifs is 3. The summed E-state index contributed by atoms with van der Waals surface area (Å²) < 4.78 is 31.4. The van der Waals surface area contributed by atoms with Crippen LogP contribution in [0.1, 0.15) is 40.8 Å². The van der Waals surface area contributed by atoms with Crippen LogP contribution in [0.25, 0.3) is 32.8 Å². The number of carboxylic acid groups (broad SMARTS) is 1. The van der Waals surface area contributed by atoms with Crippen LogP contribution in [-0.2, 0) is 37.8 Å². The van der Waals surface area contributed by atoms with E-state index in [2.05, 4.69) is 5.10 Å². The van der Waals surface area contributed by atoms with Crippen molar-refractivity contribution in [2.45, 2.75) is 39.3 Å². The van der Waals surface area contributed by atoms with E-state index in [-0.39, 0.29) is 18.8 Å². The van der Waals surface area contributed by atoms with Gasteiger partial charge in [0.1, 0.15) is 17.3 Å². The highest BCUT2D eigenvalue weighted by atomic mass is 19.1. The summed E-state index contributed by atoms with van der Waals surface area (Å²) in [7, 11) is 1.85. The number of ether oxygens (including phenoxy) is 2. The molecule has 0 atom stereocenters. The highest BCUT2D eigenvalue weighted by molar-refractivity contribution is 6.04. The molecule has 2 aromatic heterocycles. The van der Waals surface area contributed by atoms with Crippen LogP contribution in [0.15, 0.2) is 66.7 Å². The Morgan fingerprint density at radius 2 is 1.90 bits per heavy atom. The fourth-order valence-corrected chi connectivity index (χ4v) is 6.05. The lowest BCUT2D eigenvalue weighted by atomic mass is 9.96. The lowest BCUT2D eigenvalue weighted by molar-refractivity contribution is 0.0685. The summed E-state index contributed by atoms with van der Waals surface area (Å²) >= 11 is 0. The number of benzene rings is 3. The van der Waals surface area contributed by atoms with Gasteiger partial charge in [-0.1, -0.05) is 55.5 Å². The third-order valence-electron chi connectivity index (χ3n) is 7.79. The smallest absolute Gasteiger partial charge is 0.352 e. The molecule has 0 saturated heterocycles. The first kappa shape index (κ1) is 26.8. The van der Waals surface area contributed by atoms with Gasteiger partial charge in [-0.2, -0.15) is 5.10 Å². The van der Waals surface area contributed by atoms with E-state index in [1.807, 2.05) is 68.6 Å². The average molecular weight is 554 g/mol. The van der Waals surface area contributed by atoms with Crippen LogP contribution in [0.4, 0.5) is 4.39 Å². The lowest BCUT2D eigenvalue weighted by Gasteiger charge is -2.12. The Kier molecular flexibility index (Phi) is 7.32. The van der Waals surface area contributed by atoms with Crippen LogP contribution in [0.5, 0.6) is 5.75 Å². The van der Waals surface area contributed by atoms with E-state index in [1.165, 1.54) is 6.07 Å². The van der Waals surface area contributed by atoms with E-state index in [0.29, 0.717) is 60.4 Å². The summed E-state index contributed by atoms with van der Waals surface area (Å²) in [6, 6.07) is 17.2. The average Bonchev–Trinajstić information content (AvgIpc) is 3.45. The van der Waals surface area contributed by atoms with E-state index in [9.17, 15) is 9.90 Å². The van der Waals surface area contributed by atoms with Gasteiger partial charge in [-0.05, 0) is 48.4 Å². The van der Waals surface area contributed by atoms with Crippen LogP contribution in [0.2, 0.25) is 0 Å². The zero-order chi connectivity index (χ0) is 28.5. The summed E-state index contributed by atoms with van der Waals surface area (Å²) in [6.07, 6.45) is 5.43. The third kappa shape index (κ3) is 4.78. The van der Waals surface area contributed by atoms with Gasteiger partial charge in [-0.25, -0.2) is 9.18 Å². The predicted molar refractivity (Wildman–Crippen MR) is 157 cm³/mol. The zero-order valence-electron chi connectivity index (χ0n) is 23.2. The Balaban J connectivity index is 1.45. The van der Waals surface area contributed by atoms with Gasteiger partial charge in [-0.3, -0.25) is 4.68 Å². The molecular weight excluding hydrogens is 521 g/mol. The van der Waals surface area contributed by atoms with Crippen molar-refractivity contribution in [3.8, 4) is 16.9 Å². The number of allylic oxidation sites excluding steroid dienone is 1. The normalized spacial score (nSPS) is 14.1. The van der Waals surface area contributed by atoms with Crippen molar-refractivity contribution in [2.75, 3.05) is 13.2 Å². The van der Waals surface area contributed by atoms with Gasteiger partial charge in [0, 0.05) is 41.2 Å². The number of carbonyl (C=O) groups is 1. The second-order valence-electron chi connectivity index (χ2n) is 10.2. The number of halogens is 1. The lowest BCUT2D eigenvalue weighted by Crippen LogP contribution is -2.11. The minimum absolute atomic E-state index is 0.172. The topological polar surface area (TPSA) is 78.5 Å². The predicted octanol–water partition coefficient (Wildman–Crippen LogP) is 6.69. The first-order chi connectivity index (χ1) is 20.0. The molecule has 0 fully saturated rings. The minimum Gasteiger partial charge on any atom is -0.493 e. The summed E-state index contributed by atoms with van der Waals surface area (Å²) in [6.45, 7) is 3.28. The maximum atomic E-state index is 15.9. The minimum atomic E-state index is -1.04. The van der Waals surface area contributed by atoms with Gasteiger partial charge in [0.25, 0.3) is 0 Å². The summed E-state index contributed by atoms with van der Waals surface area (Å²) in [5.41, 5.74) is 4.00. The highest BCUT2D eigenvalue weighted by Crippen LogP contribution is 2.40. The maximum Gasteiger partial charge on any atom is 0.352 e. The van der Waals surface area contributed by atoms with Crippen LogP contribution in [0, 0.1) is 5.82 Å². The molecule has 0 spiro atoms. The second kappa shape index (κ2) is 11.2. The standard InChI is InChI=1S/C33H32FN3O4/c1-3-27-30-26(35-36(27)2)20-40-18-7-6-17-37-31-24(15-16-25(34)29(30)31)23(32(37)33(38)39)13-9-19-41-28-14-8-11-21-10-4-5-12-22(21)28/h4-8,10-12,14-16H,3,9,13,17-20H2,1-2H3,(H,38,39)/b7-6-. The summed E-state index contributed by atoms with van der Waals surface area (Å²) in [4.78, 5) is 12.8. The van der Waals surface area contributed by atoms with Crippen molar-refractivity contribution in [2.24, 2.45) is 7.05 Å². The van der Waals surface area contributed by atoms with Crippen molar-refractivity contribution in [3.05, 3.63) is 95.2 Å². The van der Waals surface area contributed by atoms with E-state index in [0.717, 1.165) is 27.6 Å². The maximum absolute atomic E-state index is 15.9. The van der Waals surface area contributed by atoms with Crippen LogP contribution in [-0.4, -0.2) is 38.6 Å². The molecule has 3 heterocycles. The fraction of sp³-hybridized carbons (Fsp3) is 0.273. The monoisotopic (exact) mass is 553 g/mol. The van der Waals surface area contributed by atoms with Crippen molar-refractivity contribution in [3.63, 3.8) is 0 Å². The molecule has 0 bridgehead atoms. The Bertz CT molecular complexity index is 1790. The Morgan fingerprint density at radius 3 is 2.73 bits per heavy atom. The molecule has 0 radical (unpaired) electrons. The van der Waals surface area contributed by atoms with Gasteiger partial charge in [0.15, 0.2) is 0 Å². The van der Waals surface area contributed by atoms with Crippen molar-refractivity contribution < 1.29 is 23.8 Å². The number of carboxylic acids is 1. The quantitative estimate of drug-likeness (QED) is 0.179. The zero-order valence-corrected chi connectivity index (χ0v) is 23.2. The molecule has 1 aliphatic heterocycles. The van der Waals surface area contributed by atoms with E-state index < -0.39 is 11.8 Å². The first-order valence-corrected chi connectivity index (χ1v) is 13.9. The number of aryl methyl sites for hydroxylation is 2. The molecule has 0 saturated carbocycles. The molecule has 210 valence electrons. The molecule has 8 heteroatoms. The van der Waals surface area contributed by atoms with Gasteiger partial charge in [0.05, 0.1) is 31.0 Å². The largest absolute Gasteiger partial charge is 0.493 e. The van der Waals surface area contributed by atoms with Crippen LogP contribution >= 0.6 is 0 Å². The van der Waals surface area contributed by atoms with Gasteiger partial charge in [0.2, 0.25) is 0 Å². The Morgan fingerprint density at radius 1 is 1.07 bits per heavy atom. The number of aromatic carboxylic acids is 1. The number of aromatic nitrogens is 3. The SMILES string of the molecule is CCc1c2c(nn1C)COC/C=C\Cn1c(C(=O)O)c(CCCOc3cccc4ccccc34)c3ccc(F)c-2c31. The van der Waals surface area contributed by atoms with Crippen LogP contribution in [0.3, 0.4) is 0 Å². The van der Waals surface area contributed by atoms with Crippen molar-refractivity contribution >= 4 is 27.6 Å². The Hall–Kier alpha value is -4.43. The molecule has 1 N–H and O–H groups in total. The van der Waals surface area contributed by atoms with Crippen molar-refractivity contribution in [1.82, 2.24) is 14.3 Å². The second-order valence-corrected chi connectivity index (χ2v) is 10.2. The molecule has 41 heavy (non-hydrogen) atoms. The molecule has 3 aromatic carbocycles. The van der Waals surface area contributed by atoms with Crippen LogP contribution < -0.4 is 4.74 Å². The molecule has 6 rings (SSSR count). The summed E-state index contributed by atoms with van der Waals surface area (Å²) in [5, 5.41) is 18.0. The first-order valence-electron chi connectivity index (χ1n) is 13.9. The highest BCUT2D eigenvalue weighted by Gasteiger charge is 2.29. The third-order valence-corrected chi connectivity index (χ3v) is 7.79. The van der Waals surface area contributed by atoms with E-state index in [4.69, 9.17) is 9.47 Å². The molecular formula is C33H32FN3O4. The van der Waals surface area contributed by atoms with Gasteiger partial charge in [-0.15, -0.1) is 0 Å². The number of rotatable bonds is 7. The number of nitrogens with zero attached hydrogens (tertiary/aromatic N) is 3. The molecule has 0 unspecified atom stereocenters.